The van der Waals surface area contributed by atoms with E-state index in [0.29, 0.717) is 5.56 Å². The van der Waals surface area contributed by atoms with Gasteiger partial charge in [0.25, 0.3) is 10.2 Å². The molecule has 7 heteroatoms. The lowest BCUT2D eigenvalue weighted by Crippen LogP contribution is -2.22. The van der Waals surface area contributed by atoms with Crippen LogP contribution in [0.2, 0.25) is 0 Å². The third-order valence-electron chi connectivity index (χ3n) is 1.52. The highest BCUT2D eigenvalue weighted by atomic mass is 32.2. The molecule has 0 saturated carbocycles. The Bertz CT molecular complexity index is 433. The Morgan fingerprint density at radius 2 is 2.07 bits per heavy atom. The van der Waals surface area contributed by atoms with Crippen LogP contribution in [-0.4, -0.2) is 8.42 Å². The molecule has 5 N–H and O–H groups in total. The zero-order chi connectivity index (χ0) is 10.8. The van der Waals surface area contributed by atoms with E-state index in [9.17, 15) is 12.8 Å². The fourth-order valence-electron chi connectivity index (χ4n) is 0.922. The maximum absolute atomic E-state index is 13.1. The highest BCUT2D eigenvalue weighted by Gasteiger charge is 2.07. The lowest BCUT2D eigenvalue weighted by Gasteiger charge is -2.05. The predicted octanol–water partition coefficient (Wildman–Crippen LogP) is -0.100. The zero-order valence-electron chi connectivity index (χ0n) is 7.20. The van der Waals surface area contributed by atoms with Crippen LogP contribution in [0.25, 0.3) is 0 Å². The lowest BCUT2D eigenvalue weighted by atomic mass is 10.2. The van der Waals surface area contributed by atoms with Crippen LogP contribution >= 0.6 is 0 Å². The Morgan fingerprint density at radius 1 is 1.43 bits per heavy atom. The monoisotopic (exact) mass is 219 g/mol. The van der Waals surface area contributed by atoms with Crippen molar-refractivity contribution in [1.29, 1.82) is 0 Å². The molecule has 0 fully saturated rings. The largest absolute Gasteiger partial charge is 0.326 e. The van der Waals surface area contributed by atoms with Crippen molar-refractivity contribution in [3.63, 3.8) is 0 Å². The Morgan fingerprint density at radius 3 is 2.50 bits per heavy atom. The molecule has 0 bridgehead atoms. The van der Waals surface area contributed by atoms with Gasteiger partial charge in [0.1, 0.15) is 5.82 Å². The molecule has 0 radical (unpaired) electrons. The Balaban J connectivity index is 3.01. The first-order chi connectivity index (χ1) is 6.42. The number of rotatable bonds is 3. The molecular formula is C7H10FN3O2S. The number of halogens is 1. The summed E-state index contributed by atoms with van der Waals surface area (Å²) in [6.07, 6.45) is 0. The van der Waals surface area contributed by atoms with Crippen LogP contribution in [-0.2, 0) is 16.8 Å². The van der Waals surface area contributed by atoms with E-state index in [1.54, 1.807) is 0 Å². The fraction of sp³-hybridized carbons (Fsp3) is 0.143. The van der Waals surface area contributed by atoms with Gasteiger partial charge in [0.05, 0.1) is 5.69 Å². The first-order valence-corrected chi connectivity index (χ1v) is 5.26. The highest BCUT2D eigenvalue weighted by Crippen LogP contribution is 2.15. The standard InChI is InChI=1S/C7H10FN3O2S/c8-6-3-5(4-9)1-2-7(6)11-14(10,12)13/h1-3,11H,4,9H2,(H2,10,12,13). The SMILES string of the molecule is NCc1ccc(NS(N)(=O)=O)c(F)c1. The third-order valence-corrected chi connectivity index (χ3v) is 2.03. The maximum Gasteiger partial charge on any atom is 0.296 e. The van der Waals surface area contributed by atoms with Crippen molar-refractivity contribution in [3.8, 4) is 0 Å². The summed E-state index contributed by atoms with van der Waals surface area (Å²) in [6.45, 7) is 0.187. The Kier molecular flexibility index (Phi) is 3.04. The van der Waals surface area contributed by atoms with Crippen molar-refractivity contribution in [2.75, 3.05) is 4.72 Å². The smallest absolute Gasteiger partial charge is 0.296 e. The van der Waals surface area contributed by atoms with Crippen molar-refractivity contribution < 1.29 is 12.8 Å². The predicted molar refractivity (Wildman–Crippen MR) is 51.0 cm³/mol. The van der Waals surface area contributed by atoms with E-state index in [1.807, 2.05) is 4.72 Å². The van der Waals surface area contributed by atoms with Gasteiger partial charge in [0.2, 0.25) is 0 Å². The summed E-state index contributed by atoms with van der Waals surface area (Å²) in [5, 5.41) is 4.68. The highest BCUT2D eigenvalue weighted by molar-refractivity contribution is 7.90. The van der Waals surface area contributed by atoms with Gasteiger partial charge in [-0.3, -0.25) is 4.72 Å². The molecular weight excluding hydrogens is 209 g/mol. The van der Waals surface area contributed by atoms with Gasteiger partial charge >= 0.3 is 0 Å². The topological polar surface area (TPSA) is 98.2 Å². The van der Waals surface area contributed by atoms with Gasteiger partial charge in [-0.15, -0.1) is 0 Å². The van der Waals surface area contributed by atoms with Crippen molar-refractivity contribution >= 4 is 15.9 Å². The third kappa shape index (κ3) is 2.95. The van der Waals surface area contributed by atoms with Crippen LogP contribution in [0.3, 0.4) is 0 Å². The van der Waals surface area contributed by atoms with Gasteiger partial charge < -0.3 is 5.73 Å². The number of nitrogens with one attached hydrogen (secondary N) is 1. The minimum atomic E-state index is -3.94. The van der Waals surface area contributed by atoms with Crippen molar-refractivity contribution in [2.45, 2.75) is 6.54 Å². The van der Waals surface area contributed by atoms with Crippen LogP contribution in [0.15, 0.2) is 18.2 Å². The summed E-state index contributed by atoms with van der Waals surface area (Å²) in [5.41, 5.74) is 5.65. The summed E-state index contributed by atoms with van der Waals surface area (Å²) in [7, 11) is -3.94. The molecule has 0 aliphatic heterocycles. The molecule has 0 atom stereocenters. The summed E-state index contributed by atoms with van der Waals surface area (Å²) < 4.78 is 36.1. The number of hydrogen-bond donors (Lipinski definition) is 3. The van der Waals surface area contributed by atoms with Crippen LogP contribution < -0.4 is 15.6 Å². The number of benzene rings is 1. The van der Waals surface area contributed by atoms with E-state index < -0.39 is 16.0 Å². The molecule has 5 nitrogen and oxygen atoms in total. The number of hydrogen-bond acceptors (Lipinski definition) is 3. The van der Waals surface area contributed by atoms with Crippen LogP contribution in [0.4, 0.5) is 10.1 Å². The fourth-order valence-corrected chi connectivity index (χ4v) is 1.39. The minimum absolute atomic E-state index is 0.187. The molecule has 1 aromatic rings. The van der Waals surface area contributed by atoms with Gasteiger partial charge in [0.15, 0.2) is 0 Å². The van der Waals surface area contributed by atoms with Gasteiger partial charge in [-0.2, -0.15) is 8.42 Å². The summed E-state index contributed by atoms with van der Waals surface area (Å²) >= 11 is 0. The number of nitrogens with two attached hydrogens (primary N) is 2. The molecule has 0 aliphatic carbocycles. The first-order valence-electron chi connectivity index (χ1n) is 3.71. The van der Waals surface area contributed by atoms with Crippen molar-refractivity contribution in [2.24, 2.45) is 10.9 Å². The maximum atomic E-state index is 13.1. The second-order valence-electron chi connectivity index (χ2n) is 2.67. The molecule has 0 heterocycles. The molecule has 0 amide bonds. The molecule has 0 saturated heterocycles. The van der Waals surface area contributed by atoms with E-state index in [-0.39, 0.29) is 12.2 Å². The molecule has 1 aromatic carbocycles. The average Bonchev–Trinajstić information content (AvgIpc) is 2.06. The quantitative estimate of drug-likeness (QED) is 0.662. The molecule has 0 aromatic heterocycles. The second-order valence-corrected chi connectivity index (χ2v) is 3.96. The Hall–Kier alpha value is -1.18. The molecule has 0 aliphatic rings. The zero-order valence-corrected chi connectivity index (χ0v) is 8.01. The number of anilines is 1. The molecule has 1 rings (SSSR count). The molecule has 14 heavy (non-hydrogen) atoms. The summed E-state index contributed by atoms with van der Waals surface area (Å²) in [4.78, 5) is 0. The van der Waals surface area contributed by atoms with Crippen molar-refractivity contribution in [1.82, 2.24) is 0 Å². The second kappa shape index (κ2) is 3.91. The summed E-state index contributed by atoms with van der Waals surface area (Å²) in [5.74, 6) is -0.707. The normalized spacial score (nSPS) is 11.4. The minimum Gasteiger partial charge on any atom is -0.326 e. The average molecular weight is 219 g/mol. The van der Waals surface area contributed by atoms with E-state index in [0.717, 1.165) is 6.07 Å². The van der Waals surface area contributed by atoms with E-state index in [1.165, 1.54) is 12.1 Å². The summed E-state index contributed by atoms with van der Waals surface area (Å²) in [6, 6.07) is 3.92. The molecule has 0 unspecified atom stereocenters. The lowest BCUT2D eigenvalue weighted by molar-refractivity contribution is 0.600. The van der Waals surface area contributed by atoms with E-state index in [4.69, 9.17) is 5.73 Å². The first kappa shape index (κ1) is 10.9. The molecule has 78 valence electrons. The van der Waals surface area contributed by atoms with Gasteiger partial charge in [-0.05, 0) is 17.7 Å². The van der Waals surface area contributed by atoms with E-state index >= 15 is 0 Å². The van der Waals surface area contributed by atoms with Crippen molar-refractivity contribution in [3.05, 3.63) is 29.6 Å². The molecule has 0 spiro atoms. The van der Waals surface area contributed by atoms with Crippen LogP contribution in [0.5, 0.6) is 0 Å². The van der Waals surface area contributed by atoms with Gasteiger partial charge in [-0.25, -0.2) is 9.53 Å². The van der Waals surface area contributed by atoms with Gasteiger partial charge in [0, 0.05) is 6.54 Å². The Labute approximate surface area is 81.1 Å². The van der Waals surface area contributed by atoms with E-state index in [2.05, 4.69) is 5.14 Å². The van der Waals surface area contributed by atoms with Crippen LogP contribution in [0, 0.1) is 5.82 Å². The van der Waals surface area contributed by atoms with Gasteiger partial charge in [-0.1, -0.05) is 6.07 Å². The van der Waals surface area contributed by atoms with Crippen LogP contribution in [0.1, 0.15) is 5.56 Å².